The van der Waals surface area contributed by atoms with E-state index >= 15 is 0 Å². The number of ether oxygens (including phenoxy) is 1. The van der Waals surface area contributed by atoms with Crippen molar-refractivity contribution in [3.63, 3.8) is 0 Å². The molecule has 64 heavy (non-hydrogen) atoms. The summed E-state index contributed by atoms with van der Waals surface area (Å²) in [6.45, 7) is 4.90. The third kappa shape index (κ3) is 11.8. The minimum atomic E-state index is -4.31. The number of anilines is 3. The third-order valence-electron chi connectivity index (χ3n) is 11.3. The first-order chi connectivity index (χ1) is 30.7. The number of nitrogens with one attached hydrogen (secondary N) is 2. The highest BCUT2D eigenvalue weighted by Gasteiger charge is 2.53. The molecule has 1 amide bonds. The van der Waals surface area contributed by atoms with Crippen molar-refractivity contribution >= 4 is 63.4 Å². The number of amides is 1. The number of benzene rings is 1. The summed E-state index contributed by atoms with van der Waals surface area (Å²) in [4.78, 5) is 50.4. The van der Waals surface area contributed by atoms with Gasteiger partial charge in [-0.05, 0) is 50.8 Å². The maximum atomic E-state index is 13.0. The van der Waals surface area contributed by atoms with Gasteiger partial charge in [-0.15, -0.1) is 0 Å². The third-order valence-corrected chi connectivity index (χ3v) is 13.0. The summed E-state index contributed by atoms with van der Waals surface area (Å²) in [5, 5.41) is 18.1. The first-order valence-electron chi connectivity index (χ1n) is 21.5. The van der Waals surface area contributed by atoms with Crippen LogP contribution < -0.4 is 31.5 Å². The summed E-state index contributed by atoms with van der Waals surface area (Å²) in [6, 6.07) is 11.2. The summed E-state index contributed by atoms with van der Waals surface area (Å²) >= 11 is 0. The smallest absolute Gasteiger partial charge is 0.422 e. The van der Waals surface area contributed by atoms with Crippen LogP contribution in [0.3, 0.4) is 0 Å². The summed E-state index contributed by atoms with van der Waals surface area (Å²) in [6.07, 6.45) is 7.18. The number of rotatable bonds is 22. The number of phosphoric acid groups is 1. The number of nitrogens with zero attached hydrogens (tertiary/aromatic N) is 6. The Bertz CT molecular complexity index is 2630. The van der Waals surface area contributed by atoms with E-state index in [1.54, 1.807) is 39.7 Å². The van der Waals surface area contributed by atoms with Gasteiger partial charge in [-0.3, -0.25) is 23.0 Å². The van der Waals surface area contributed by atoms with E-state index in [-0.39, 0.29) is 30.5 Å². The molecule has 6 heterocycles. The lowest BCUT2D eigenvalue weighted by molar-refractivity contribution is -0.696. The van der Waals surface area contributed by atoms with Crippen molar-refractivity contribution in [2.24, 2.45) is 0 Å². The molecule has 0 spiro atoms. The molecule has 5 atom stereocenters. The second-order valence-corrected chi connectivity index (χ2v) is 18.8. The number of hydrogen-bond acceptors (Lipinski definition) is 16. The molecule has 4 aromatic heterocycles. The lowest BCUT2D eigenvalue weighted by Crippen LogP contribution is -2.39. The fraction of sp³-hybridized carbons (Fsp3) is 0.512. The molecule has 7 rings (SSSR count). The van der Waals surface area contributed by atoms with Crippen LogP contribution in [0.1, 0.15) is 70.9 Å². The van der Waals surface area contributed by atoms with E-state index in [1.807, 2.05) is 18.2 Å². The van der Waals surface area contributed by atoms with Crippen molar-refractivity contribution in [2.75, 3.05) is 54.5 Å². The average Bonchev–Trinajstić information content (AvgIpc) is 3.78. The van der Waals surface area contributed by atoms with Gasteiger partial charge in [0.15, 0.2) is 35.6 Å². The Morgan fingerprint density at radius 3 is 2.58 bits per heavy atom. The molecular formula is C41H55N9O12PS+. The summed E-state index contributed by atoms with van der Waals surface area (Å²) in [5.41, 5.74) is 8.75. The number of pyridine rings is 1. The van der Waals surface area contributed by atoms with Gasteiger partial charge in [0.1, 0.15) is 36.8 Å². The van der Waals surface area contributed by atoms with Crippen LogP contribution in [-0.4, -0.2) is 105 Å². The van der Waals surface area contributed by atoms with Crippen LogP contribution in [0.5, 0.6) is 0 Å². The van der Waals surface area contributed by atoms with Crippen LogP contribution >= 0.6 is 7.82 Å². The molecule has 1 unspecified atom stereocenters. The number of aliphatic hydroxyl groups is 1. The fourth-order valence-electron chi connectivity index (χ4n) is 7.91. The normalized spacial score (nSPS) is 21.0. The van der Waals surface area contributed by atoms with Gasteiger partial charge < -0.3 is 40.4 Å². The zero-order valence-electron chi connectivity index (χ0n) is 35.5. The number of imidazole rings is 1. The number of phosphoric ester groups is 1. The monoisotopic (exact) mass is 928 g/mol. The first-order valence-corrected chi connectivity index (χ1v) is 24.6. The molecule has 0 radical (unpaired) electrons. The number of fused-ring (bicyclic) bond motifs is 3. The van der Waals surface area contributed by atoms with E-state index in [2.05, 4.69) is 37.4 Å². The Morgan fingerprint density at radius 2 is 1.81 bits per heavy atom. The standard InChI is InChI=1S/C41H54N9O12PS/c1-2-49(29-13-12-28-23-30(40(53)61-31(28)24-29)27-14-20-48(21-15-27)18-10-22-64(56,57)58)19-9-5-6-11-33(51)43-16-7-3-4-8-17-44-41-47-34-37(42)45-26-46-38(34)50(41)39-35(52)36-32(60-39)25-59-63(54,55)62-36/h12-15,20-21,23-24,26,32,35-36,39,52H,2-11,16-19,22,25H2,1H3,(H5-,42,43,44,45,46,47,51,54,55,56,57,58)/p+1/t32-,35-,36-,39-/m1/s1. The first kappa shape index (κ1) is 46.9. The van der Waals surface area contributed by atoms with Crippen LogP contribution in [0.25, 0.3) is 33.3 Å². The highest BCUT2D eigenvalue weighted by molar-refractivity contribution is 7.85. The molecule has 5 aromatic rings. The second-order valence-electron chi connectivity index (χ2n) is 15.8. The lowest BCUT2D eigenvalue weighted by atomic mass is 10.1. The number of carbonyl (C=O) groups excluding carboxylic acids is 1. The minimum absolute atomic E-state index is 0.0273. The molecule has 21 nitrogen and oxygen atoms in total. The van der Waals surface area contributed by atoms with Gasteiger partial charge in [0.25, 0.3) is 10.1 Å². The molecule has 346 valence electrons. The van der Waals surface area contributed by atoms with E-state index in [0.717, 1.165) is 69.1 Å². The molecule has 2 saturated heterocycles. The van der Waals surface area contributed by atoms with Crippen LogP contribution in [-0.2, 0) is 39.8 Å². The maximum absolute atomic E-state index is 13.0. The van der Waals surface area contributed by atoms with Gasteiger partial charge in [0.2, 0.25) is 11.9 Å². The van der Waals surface area contributed by atoms with Crippen molar-refractivity contribution in [3.05, 3.63) is 65.5 Å². The Labute approximate surface area is 369 Å². The number of hydrogen-bond donors (Lipinski definition) is 6. The molecule has 7 N–H and O–H groups in total. The zero-order valence-corrected chi connectivity index (χ0v) is 37.2. The Morgan fingerprint density at radius 1 is 1.05 bits per heavy atom. The van der Waals surface area contributed by atoms with E-state index in [4.69, 9.17) is 28.5 Å². The zero-order chi connectivity index (χ0) is 45.4. The number of unbranched alkanes of at least 4 members (excludes halogenated alkanes) is 5. The van der Waals surface area contributed by atoms with Gasteiger partial charge in [-0.2, -0.15) is 8.42 Å². The highest BCUT2D eigenvalue weighted by atomic mass is 32.2. The number of nitrogens with two attached hydrogens (primary N) is 1. The number of aryl methyl sites for hydroxylation is 1. The minimum Gasteiger partial charge on any atom is -0.422 e. The molecular weight excluding hydrogens is 874 g/mol. The Balaban J connectivity index is 0.787. The SMILES string of the molecule is CCN(CCCCCC(=O)NCCCCCCNc1nc2c(N)ncnc2n1[C@@H]1O[C@@H]2COP(=O)(O)O[C@H]2[C@H]1O)c1ccc2cc(-c3cc[n+](CCCS(=O)(=O)O)cc3)c(=O)oc2c1. The molecule has 2 fully saturated rings. The van der Waals surface area contributed by atoms with Gasteiger partial charge in [-0.1, -0.05) is 19.3 Å². The number of aliphatic hydroxyl groups excluding tert-OH is 1. The van der Waals surface area contributed by atoms with Gasteiger partial charge in [0.05, 0.1) is 17.9 Å². The largest absolute Gasteiger partial charge is 0.472 e. The topological polar surface area (TPSA) is 288 Å². The second kappa shape index (κ2) is 20.8. The molecule has 23 heteroatoms. The lowest BCUT2D eigenvalue weighted by Gasteiger charge is -2.27. The fourth-order valence-corrected chi connectivity index (χ4v) is 9.37. The average molecular weight is 929 g/mol. The van der Waals surface area contributed by atoms with Crippen molar-refractivity contribution < 1.29 is 55.1 Å². The summed E-state index contributed by atoms with van der Waals surface area (Å²) < 4.78 is 68.0. The van der Waals surface area contributed by atoms with Crippen LogP contribution in [0, 0.1) is 0 Å². The van der Waals surface area contributed by atoms with Gasteiger partial charge >= 0.3 is 13.4 Å². The van der Waals surface area contributed by atoms with E-state index in [9.17, 15) is 32.6 Å². The summed E-state index contributed by atoms with van der Waals surface area (Å²) in [5.74, 6) is 0.185. The number of carbonyl (C=O) groups is 1. The Kier molecular flexibility index (Phi) is 15.3. The van der Waals surface area contributed by atoms with E-state index in [0.29, 0.717) is 59.9 Å². The predicted octanol–water partition coefficient (Wildman–Crippen LogP) is 3.70. The Hall–Kier alpha value is -5.06. The van der Waals surface area contributed by atoms with E-state index in [1.165, 1.54) is 6.33 Å². The molecule has 2 aliphatic heterocycles. The van der Waals surface area contributed by atoms with Crippen LogP contribution in [0.4, 0.5) is 17.5 Å². The van der Waals surface area contributed by atoms with Crippen molar-refractivity contribution in [1.29, 1.82) is 0 Å². The predicted molar refractivity (Wildman–Crippen MR) is 236 cm³/mol. The summed E-state index contributed by atoms with van der Waals surface area (Å²) in [7, 11) is -8.33. The van der Waals surface area contributed by atoms with Gasteiger partial charge in [0, 0.05) is 73.9 Å². The maximum Gasteiger partial charge on any atom is 0.472 e. The molecule has 0 bridgehead atoms. The molecule has 0 aliphatic carbocycles. The quantitative estimate of drug-likeness (QED) is 0.0190. The van der Waals surface area contributed by atoms with Gasteiger partial charge in [-0.25, -0.2) is 28.9 Å². The van der Waals surface area contributed by atoms with Crippen LogP contribution in [0.15, 0.2) is 64.3 Å². The van der Waals surface area contributed by atoms with E-state index < -0.39 is 48.1 Å². The molecule has 2 aliphatic rings. The number of aromatic nitrogens is 5. The molecule has 0 saturated carbocycles. The van der Waals surface area contributed by atoms with Crippen LogP contribution in [0.2, 0.25) is 0 Å². The number of nitrogen functional groups attached to an aromatic ring is 1. The molecule has 1 aromatic carbocycles. The van der Waals surface area contributed by atoms with Crippen molar-refractivity contribution in [2.45, 2.75) is 95.8 Å². The highest BCUT2D eigenvalue weighted by Crippen LogP contribution is 2.53. The van der Waals surface area contributed by atoms with Crippen molar-refractivity contribution in [3.8, 4) is 11.1 Å². The van der Waals surface area contributed by atoms with Crippen molar-refractivity contribution in [1.82, 2.24) is 24.8 Å².